The number of rotatable bonds is 6. The highest BCUT2D eigenvalue weighted by molar-refractivity contribution is 7.86. The molecular weight excluding hydrogens is 461 g/mol. The van der Waals surface area contributed by atoms with Gasteiger partial charge in [0.15, 0.2) is 16.8 Å². The van der Waals surface area contributed by atoms with E-state index in [9.17, 15) is 9.00 Å². The largest absolute Gasteiger partial charge is 0.300 e. The smallest absolute Gasteiger partial charge is 0.161 e. The van der Waals surface area contributed by atoms with Crippen LogP contribution < -0.4 is 4.72 Å². The first-order valence-electron chi connectivity index (χ1n) is 9.87. The molecule has 0 aromatic heterocycles. The number of Topliss-reactive ketones (excluding diaryl/α,β-unsaturated/α-hetero) is 1. The molecule has 0 saturated heterocycles. The van der Waals surface area contributed by atoms with Gasteiger partial charge >= 0.3 is 0 Å². The first kappa shape index (κ1) is 22.3. The van der Waals surface area contributed by atoms with Gasteiger partial charge in [-0.15, -0.1) is 0 Å². The predicted molar refractivity (Wildman–Crippen MR) is 134 cm³/mol. The Morgan fingerprint density at radius 1 is 0.781 bits per heavy atom. The van der Waals surface area contributed by atoms with Crippen LogP contribution >= 0.6 is 23.2 Å². The van der Waals surface area contributed by atoms with Crippen LogP contribution in [0.2, 0.25) is 10.0 Å². The fourth-order valence-electron chi connectivity index (χ4n) is 3.45. The molecule has 1 unspecified atom stereocenters. The lowest BCUT2D eigenvalue weighted by Crippen LogP contribution is -2.11. The zero-order valence-electron chi connectivity index (χ0n) is 17.1. The highest BCUT2D eigenvalue weighted by Gasteiger charge is 2.20. The first-order valence-corrected chi connectivity index (χ1v) is 11.8. The summed E-state index contributed by atoms with van der Waals surface area (Å²) in [5.74, 6) is -0.137. The maximum absolute atomic E-state index is 13.2. The average molecular weight is 480 g/mol. The monoisotopic (exact) mass is 479 g/mol. The van der Waals surface area contributed by atoms with E-state index < -0.39 is 11.0 Å². The van der Waals surface area contributed by atoms with E-state index in [4.69, 9.17) is 23.2 Å². The highest BCUT2D eigenvalue weighted by Crippen LogP contribution is 2.37. The molecule has 0 bridgehead atoms. The Kier molecular flexibility index (Phi) is 6.75. The number of hydrogen-bond acceptors (Lipinski definition) is 2. The van der Waals surface area contributed by atoms with Gasteiger partial charge in [0.25, 0.3) is 0 Å². The second-order valence-corrected chi connectivity index (χ2v) is 9.21. The molecule has 3 nitrogen and oxygen atoms in total. The number of nitrogens with one attached hydrogen (secondary N) is 1. The number of carbonyl (C=O) groups is 1. The molecule has 6 heteroatoms. The zero-order chi connectivity index (χ0) is 22.7. The Balaban J connectivity index is 1.90. The topological polar surface area (TPSA) is 46.2 Å². The number of anilines is 1. The Morgan fingerprint density at radius 2 is 1.41 bits per heavy atom. The second kappa shape index (κ2) is 9.70. The molecule has 0 amide bonds. The molecule has 1 atom stereocenters. The van der Waals surface area contributed by atoms with E-state index in [2.05, 4.69) is 4.72 Å². The molecule has 0 aliphatic carbocycles. The lowest BCUT2D eigenvalue weighted by molar-refractivity contribution is 0.101. The van der Waals surface area contributed by atoms with Gasteiger partial charge < -0.3 is 0 Å². The quantitative estimate of drug-likeness (QED) is 0.288. The molecule has 1 N–H and O–H groups in total. The maximum Gasteiger partial charge on any atom is 0.161 e. The standard InChI is InChI=1S/C26H19Cl2NO2S/c1-17(30)22-14-20(18-8-4-2-5-9-18)15-23(19-10-6-3-7-11-19)26(22)29-32(31)25-13-12-21(27)16-24(25)28/h2-16,29H,1H3. The normalized spacial score (nSPS) is 11.7. The minimum absolute atomic E-state index is 0.137. The third kappa shape index (κ3) is 4.78. The fourth-order valence-corrected chi connectivity index (χ4v) is 5.01. The minimum atomic E-state index is -1.71. The average Bonchev–Trinajstić information content (AvgIpc) is 2.80. The molecule has 0 aliphatic heterocycles. The number of carbonyl (C=O) groups excluding carboxylic acids is 1. The van der Waals surface area contributed by atoms with E-state index in [1.54, 1.807) is 18.2 Å². The minimum Gasteiger partial charge on any atom is -0.300 e. The molecule has 4 aromatic rings. The van der Waals surface area contributed by atoms with Gasteiger partial charge in [-0.05, 0) is 53.9 Å². The maximum atomic E-state index is 13.2. The second-order valence-electron chi connectivity index (χ2n) is 7.18. The molecule has 0 spiro atoms. The zero-order valence-corrected chi connectivity index (χ0v) is 19.5. The molecule has 32 heavy (non-hydrogen) atoms. The Labute approximate surface area is 199 Å². The number of ketones is 1. The number of halogens is 2. The summed E-state index contributed by atoms with van der Waals surface area (Å²) in [6, 6.07) is 28.1. The lowest BCUT2D eigenvalue weighted by atomic mass is 9.93. The predicted octanol–water partition coefficient (Wildman–Crippen LogP) is 7.66. The van der Waals surface area contributed by atoms with Crippen molar-refractivity contribution in [3.8, 4) is 22.3 Å². The van der Waals surface area contributed by atoms with E-state index >= 15 is 0 Å². The summed E-state index contributed by atoms with van der Waals surface area (Å²) in [7, 11) is -1.71. The van der Waals surface area contributed by atoms with Gasteiger partial charge in [0, 0.05) is 16.1 Å². The molecule has 0 heterocycles. The van der Waals surface area contributed by atoms with Crippen LogP contribution in [0.1, 0.15) is 17.3 Å². The van der Waals surface area contributed by atoms with Crippen LogP contribution in [-0.4, -0.2) is 9.99 Å². The van der Waals surface area contributed by atoms with E-state index in [1.807, 2.05) is 72.8 Å². The molecule has 4 rings (SSSR count). The van der Waals surface area contributed by atoms with Gasteiger partial charge in [0.1, 0.15) is 0 Å². The summed E-state index contributed by atoms with van der Waals surface area (Å²) in [5, 5.41) is 0.743. The summed E-state index contributed by atoms with van der Waals surface area (Å²) < 4.78 is 16.3. The molecule has 0 radical (unpaired) electrons. The first-order chi connectivity index (χ1) is 15.4. The van der Waals surface area contributed by atoms with Gasteiger partial charge in [-0.25, -0.2) is 4.21 Å². The van der Waals surface area contributed by atoms with Gasteiger partial charge in [-0.2, -0.15) is 0 Å². The van der Waals surface area contributed by atoms with Crippen LogP contribution in [0.3, 0.4) is 0 Å². The van der Waals surface area contributed by atoms with Crippen LogP contribution in [0.25, 0.3) is 22.3 Å². The summed E-state index contributed by atoms with van der Waals surface area (Å²) in [4.78, 5) is 13.1. The van der Waals surface area contributed by atoms with E-state index in [-0.39, 0.29) is 10.8 Å². The SMILES string of the molecule is CC(=O)c1cc(-c2ccccc2)cc(-c2ccccc2)c1NS(=O)c1ccc(Cl)cc1Cl. The van der Waals surface area contributed by atoms with E-state index in [1.165, 1.54) is 6.92 Å². The van der Waals surface area contributed by atoms with Crippen molar-refractivity contribution in [3.63, 3.8) is 0 Å². The Hall–Kier alpha value is -2.92. The summed E-state index contributed by atoms with van der Waals surface area (Å²) in [6.45, 7) is 1.50. The van der Waals surface area contributed by atoms with Crippen molar-refractivity contribution in [2.45, 2.75) is 11.8 Å². The third-order valence-corrected chi connectivity index (χ3v) is 6.80. The fraction of sp³-hybridized carbons (Fsp3) is 0.0385. The molecule has 0 saturated carbocycles. The molecule has 160 valence electrons. The number of hydrogen-bond donors (Lipinski definition) is 1. The van der Waals surface area contributed by atoms with E-state index in [0.29, 0.717) is 21.2 Å². The van der Waals surface area contributed by atoms with Crippen molar-refractivity contribution in [2.75, 3.05) is 4.72 Å². The summed E-state index contributed by atoms with van der Waals surface area (Å²) >= 11 is 12.3. The van der Waals surface area contributed by atoms with Crippen LogP contribution in [0.15, 0.2) is 95.9 Å². The van der Waals surface area contributed by atoms with Crippen molar-refractivity contribution >= 4 is 45.7 Å². The van der Waals surface area contributed by atoms with Crippen molar-refractivity contribution in [1.82, 2.24) is 0 Å². The molecular formula is C26H19Cl2NO2S. The van der Waals surface area contributed by atoms with Crippen LogP contribution in [0.5, 0.6) is 0 Å². The van der Waals surface area contributed by atoms with Gasteiger partial charge in [0.05, 0.1) is 15.6 Å². The summed E-state index contributed by atoms with van der Waals surface area (Å²) in [6.07, 6.45) is 0. The van der Waals surface area contributed by atoms with Crippen molar-refractivity contribution in [1.29, 1.82) is 0 Å². The summed E-state index contributed by atoms with van der Waals surface area (Å²) in [5.41, 5.74) is 4.50. The van der Waals surface area contributed by atoms with Crippen LogP contribution in [-0.2, 0) is 11.0 Å². The van der Waals surface area contributed by atoms with E-state index in [0.717, 1.165) is 22.3 Å². The van der Waals surface area contributed by atoms with Gasteiger partial charge in [0.2, 0.25) is 0 Å². The molecule has 4 aromatic carbocycles. The third-order valence-electron chi connectivity index (χ3n) is 5.00. The highest BCUT2D eigenvalue weighted by atomic mass is 35.5. The van der Waals surface area contributed by atoms with Crippen molar-refractivity contribution in [2.24, 2.45) is 0 Å². The Bertz CT molecular complexity index is 1310. The number of benzene rings is 4. The van der Waals surface area contributed by atoms with Crippen LogP contribution in [0.4, 0.5) is 5.69 Å². The van der Waals surface area contributed by atoms with Crippen LogP contribution in [0, 0.1) is 0 Å². The molecule has 0 fully saturated rings. The van der Waals surface area contributed by atoms with Gasteiger partial charge in [-0.1, -0.05) is 83.9 Å². The van der Waals surface area contributed by atoms with Gasteiger partial charge in [-0.3, -0.25) is 9.52 Å². The Morgan fingerprint density at radius 3 is 2.00 bits per heavy atom. The van der Waals surface area contributed by atoms with Crippen molar-refractivity contribution in [3.05, 3.63) is 107 Å². The lowest BCUT2D eigenvalue weighted by Gasteiger charge is -2.18. The van der Waals surface area contributed by atoms with Crippen molar-refractivity contribution < 1.29 is 9.00 Å². The molecule has 0 aliphatic rings.